The standard InChI is InChI=1S/C13H19NO2/c1-3-11(14-4-2)7-10-5-6-12-13(8-10)16-9-15-12/h5-6,8,11,14H,3-4,7,9H2,1-2H3/i2D2,4D. The van der Waals surface area contributed by atoms with Gasteiger partial charge in [-0.3, -0.25) is 0 Å². The molecule has 1 N–H and O–H groups in total. The second-order valence-electron chi connectivity index (χ2n) is 3.83. The van der Waals surface area contributed by atoms with Crippen molar-refractivity contribution in [3.63, 3.8) is 0 Å². The summed E-state index contributed by atoms with van der Waals surface area (Å²) in [6.07, 6.45) is 1.59. The molecule has 0 saturated carbocycles. The SMILES string of the molecule is [2H]C([2H])C([2H])NC(CC)Cc1ccc2c(c1)OCO2. The molecule has 1 aromatic rings. The smallest absolute Gasteiger partial charge is 0.231 e. The highest BCUT2D eigenvalue weighted by atomic mass is 16.7. The third-order valence-corrected chi connectivity index (χ3v) is 2.74. The fourth-order valence-corrected chi connectivity index (χ4v) is 1.81. The molecule has 16 heavy (non-hydrogen) atoms. The average molecular weight is 224 g/mol. The molecule has 0 radical (unpaired) electrons. The van der Waals surface area contributed by atoms with Gasteiger partial charge in [0.15, 0.2) is 11.5 Å². The van der Waals surface area contributed by atoms with Gasteiger partial charge in [-0.15, -0.1) is 0 Å². The van der Waals surface area contributed by atoms with Crippen LogP contribution in [0.1, 0.15) is 29.9 Å². The van der Waals surface area contributed by atoms with Gasteiger partial charge in [0.25, 0.3) is 0 Å². The van der Waals surface area contributed by atoms with E-state index in [1.165, 1.54) is 0 Å². The zero-order valence-electron chi connectivity index (χ0n) is 12.4. The summed E-state index contributed by atoms with van der Waals surface area (Å²) >= 11 is 0. The van der Waals surface area contributed by atoms with Gasteiger partial charge < -0.3 is 14.8 Å². The van der Waals surface area contributed by atoms with E-state index in [2.05, 4.69) is 5.32 Å². The predicted molar refractivity (Wildman–Crippen MR) is 64.0 cm³/mol. The molecule has 3 nitrogen and oxygen atoms in total. The van der Waals surface area contributed by atoms with Gasteiger partial charge in [0, 0.05) is 10.2 Å². The van der Waals surface area contributed by atoms with Gasteiger partial charge in [0.1, 0.15) is 0 Å². The van der Waals surface area contributed by atoms with Gasteiger partial charge in [-0.05, 0) is 37.1 Å². The van der Waals surface area contributed by atoms with Crippen LogP contribution in [0, 0.1) is 0 Å². The van der Waals surface area contributed by atoms with Crippen LogP contribution in [0.25, 0.3) is 0 Å². The molecule has 1 aliphatic heterocycles. The Morgan fingerprint density at radius 1 is 1.50 bits per heavy atom. The van der Waals surface area contributed by atoms with E-state index in [1.54, 1.807) is 0 Å². The fraction of sp³-hybridized carbons (Fsp3) is 0.538. The highest BCUT2D eigenvalue weighted by Gasteiger charge is 2.14. The largest absolute Gasteiger partial charge is 0.454 e. The normalized spacial score (nSPS) is 20.0. The van der Waals surface area contributed by atoms with Crippen LogP contribution < -0.4 is 14.8 Å². The Balaban J connectivity index is 1.98. The third kappa shape index (κ3) is 2.47. The topological polar surface area (TPSA) is 30.5 Å². The zero-order valence-corrected chi connectivity index (χ0v) is 9.40. The maximum Gasteiger partial charge on any atom is 0.231 e. The molecular weight excluding hydrogens is 202 g/mol. The highest BCUT2D eigenvalue weighted by Crippen LogP contribution is 2.32. The maximum absolute atomic E-state index is 7.62. The number of nitrogens with one attached hydrogen (secondary N) is 1. The number of rotatable bonds is 5. The van der Waals surface area contributed by atoms with Crippen molar-refractivity contribution in [3.8, 4) is 11.5 Å². The first kappa shape index (κ1) is 7.96. The molecule has 1 aromatic carbocycles. The van der Waals surface area contributed by atoms with Gasteiger partial charge in [0.05, 0.1) is 0 Å². The van der Waals surface area contributed by atoms with Crippen molar-refractivity contribution < 1.29 is 13.6 Å². The minimum atomic E-state index is -1.18. The molecule has 0 bridgehead atoms. The van der Waals surface area contributed by atoms with E-state index in [0.717, 1.165) is 29.9 Å². The second-order valence-corrected chi connectivity index (χ2v) is 3.83. The van der Waals surface area contributed by atoms with Crippen molar-refractivity contribution in [1.82, 2.24) is 5.32 Å². The maximum atomic E-state index is 7.62. The first-order valence-corrected chi connectivity index (χ1v) is 5.51. The van der Waals surface area contributed by atoms with E-state index in [4.69, 9.17) is 13.6 Å². The summed E-state index contributed by atoms with van der Waals surface area (Å²) in [5.74, 6) is 1.52. The number of fused-ring (bicyclic) bond motifs is 1. The van der Waals surface area contributed by atoms with Crippen LogP contribution in [0.3, 0.4) is 0 Å². The molecule has 2 atom stereocenters. The number of hydrogen-bond acceptors (Lipinski definition) is 3. The van der Waals surface area contributed by atoms with Crippen LogP contribution in [0.4, 0.5) is 0 Å². The molecule has 88 valence electrons. The molecule has 2 unspecified atom stereocenters. The lowest BCUT2D eigenvalue weighted by atomic mass is 10.0. The lowest BCUT2D eigenvalue weighted by Crippen LogP contribution is -2.30. The Morgan fingerprint density at radius 3 is 3.19 bits per heavy atom. The first-order chi connectivity index (χ1) is 9.10. The molecule has 1 aliphatic rings. The van der Waals surface area contributed by atoms with E-state index < -0.39 is 13.4 Å². The van der Waals surface area contributed by atoms with Gasteiger partial charge >= 0.3 is 0 Å². The van der Waals surface area contributed by atoms with E-state index in [-0.39, 0.29) is 12.8 Å². The van der Waals surface area contributed by atoms with E-state index in [0.29, 0.717) is 0 Å². The fourth-order valence-electron chi connectivity index (χ4n) is 1.81. The van der Waals surface area contributed by atoms with E-state index >= 15 is 0 Å². The zero-order chi connectivity index (χ0) is 13.8. The lowest BCUT2D eigenvalue weighted by molar-refractivity contribution is 0.174. The summed E-state index contributed by atoms with van der Waals surface area (Å²) in [7, 11) is 0. The quantitative estimate of drug-likeness (QED) is 0.832. The first-order valence-electron chi connectivity index (χ1n) is 7.24. The second kappa shape index (κ2) is 5.21. The van der Waals surface area contributed by atoms with Gasteiger partial charge in [-0.2, -0.15) is 0 Å². The molecule has 0 aromatic heterocycles. The molecule has 0 saturated heterocycles. The Bertz CT molecular complexity index is 428. The minimum absolute atomic E-state index is 0.0843. The van der Waals surface area contributed by atoms with Crippen molar-refractivity contribution >= 4 is 0 Å². The van der Waals surface area contributed by atoms with Crippen molar-refractivity contribution in [2.75, 3.05) is 13.3 Å². The van der Waals surface area contributed by atoms with Crippen molar-refractivity contribution in [2.45, 2.75) is 32.7 Å². The third-order valence-electron chi connectivity index (χ3n) is 2.74. The van der Waals surface area contributed by atoms with Crippen LogP contribution in [0.2, 0.25) is 0 Å². The van der Waals surface area contributed by atoms with Crippen LogP contribution >= 0.6 is 0 Å². The van der Waals surface area contributed by atoms with E-state index in [9.17, 15) is 0 Å². The summed E-state index contributed by atoms with van der Waals surface area (Å²) in [6.45, 7) is 0.243. The number of benzene rings is 1. The molecule has 1 heterocycles. The van der Waals surface area contributed by atoms with Crippen molar-refractivity contribution in [3.05, 3.63) is 23.8 Å². The van der Waals surface area contributed by atoms with Crippen LogP contribution in [-0.2, 0) is 6.42 Å². The predicted octanol–water partition coefficient (Wildman–Crippen LogP) is 2.35. The number of hydrogen-bond donors (Lipinski definition) is 1. The summed E-state index contributed by atoms with van der Waals surface area (Å²) in [5.41, 5.74) is 1.10. The van der Waals surface area contributed by atoms with Crippen LogP contribution in [0.15, 0.2) is 18.2 Å². The van der Waals surface area contributed by atoms with Crippen LogP contribution in [0.5, 0.6) is 11.5 Å². The minimum Gasteiger partial charge on any atom is -0.454 e. The molecule has 2 rings (SSSR count). The van der Waals surface area contributed by atoms with Crippen molar-refractivity contribution in [1.29, 1.82) is 0 Å². The summed E-state index contributed by atoms with van der Waals surface area (Å²) < 4.78 is 32.6. The Kier molecular flexibility index (Phi) is 2.59. The van der Waals surface area contributed by atoms with Crippen LogP contribution in [-0.4, -0.2) is 19.4 Å². The molecule has 3 heteroatoms. The summed E-state index contributed by atoms with van der Waals surface area (Å²) in [6, 6.07) is 5.90. The Morgan fingerprint density at radius 2 is 2.38 bits per heavy atom. The highest BCUT2D eigenvalue weighted by molar-refractivity contribution is 5.44. The lowest BCUT2D eigenvalue weighted by Gasteiger charge is -2.15. The van der Waals surface area contributed by atoms with Crippen molar-refractivity contribution in [2.24, 2.45) is 0 Å². The van der Waals surface area contributed by atoms with E-state index in [1.807, 2.05) is 25.1 Å². The Labute approximate surface area is 101 Å². The summed E-state index contributed by atoms with van der Waals surface area (Å²) in [5, 5.41) is 3.00. The number of likely N-dealkylation sites (N-methyl/N-ethyl adjacent to an activating group) is 1. The Hall–Kier alpha value is -1.22. The van der Waals surface area contributed by atoms with Gasteiger partial charge in [0.2, 0.25) is 6.79 Å². The average Bonchev–Trinajstić information content (AvgIpc) is 2.85. The van der Waals surface area contributed by atoms with Gasteiger partial charge in [-0.1, -0.05) is 19.9 Å². The molecular formula is C13H19NO2. The summed E-state index contributed by atoms with van der Waals surface area (Å²) in [4.78, 5) is 0. The molecule has 0 spiro atoms. The number of ether oxygens (including phenoxy) is 2. The monoisotopic (exact) mass is 224 g/mol. The molecule has 0 amide bonds. The molecule has 0 fully saturated rings. The van der Waals surface area contributed by atoms with Gasteiger partial charge in [-0.25, -0.2) is 0 Å². The molecule has 0 aliphatic carbocycles.